The molecule has 45 heavy (non-hydrogen) atoms. The van der Waals surface area contributed by atoms with E-state index in [1.54, 1.807) is 36.4 Å². The summed E-state index contributed by atoms with van der Waals surface area (Å²) >= 11 is 0. The summed E-state index contributed by atoms with van der Waals surface area (Å²) in [7, 11) is 0. The molecule has 0 saturated heterocycles. The van der Waals surface area contributed by atoms with Crippen molar-refractivity contribution in [3.05, 3.63) is 151 Å². The molecule has 0 saturated carbocycles. The molecule has 4 heteroatoms. The van der Waals surface area contributed by atoms with Crippen LogP contribution in [-0.4, -0.2) is 15.0 Å². The summed E-state index contributed by atoms with van der Waals surface area (Å²) in [5.74, 6) is -1.07. The number of hydrogen-bond donors (Lipinski definition) is 0. The van der Waals surface area contributed by atoms with Gasteiger partial charge in [0.2, 0.25) is 0 Å². The van der Waals surface area contributed by atoms with Crippen LogP contribution in [-0.2, 0) is 0 Å². The first-order valence-electron chi connectivity index (χ1n) is 21.7. The van der Waals surface area contributed by atoms with E-state index < -0.39 is 95.3 Å². The SMILES string of the molecule is [2H]c1cc([2H])c2oc3c([2H])cc([2H])c(-c4ccc(-c5nc(-c6c([2H])c([2H])c([2H])c([2H])c6[2H])nc(-c6c([2H])c([2H])c7c([2H])c([2H])c([2H])c([2H])c7c6[2H])n5)c5ccccc45)c3c2c1. The zero-order valence-electron chi connectivity index (χ0n) is 38.9. The number of rotatable bonds is 4. The minimum absolute atomic E-state index is 0.0322. The molecule has 2 heterocycles. The molecule has 0 unspecified atom stereocenters. The van der Waals surface area contributed by atoms with Gasteiger partial charge in [0.15, 0.2) is 17.5 Å². The standard InChI is InChI=1S/C41H25N3O/c1-2-12-27(13-3-1)39-42-40(29-22-21-26-11-4-5-14-28(26)25-29)44-41(43-39)34-24-23-32(30-15-6-7-16-31(30)34)33-18-10-20-37-38(33)35-17-8-9-19-36(35)45-37/h1-25H/i1D,2D,3D,4D,5D,8D,11D,12D,13D,14D,18D,19D,20D,21D,22D,25D. The van der Waals surface area contributed by atoms with Crippen molar-refractivity contribution in [2.45, 2.75) is 0 Å². The van der Waals surface area contributed by atoms with Crippen LogP contribution in [0.25, 0.3) is 88.8 Å². The average Bonchev–Trinajstić information content (AvgIpc) is 3.62. The smallest absolute Gasteiger partial charge is 0.164 e. The molecule has 0 aliphatic carbocycles. The zero-order chi connectivity index (χ0) is 43.7. The third-order valence-corrected chi connectivity index (χ3v) is 7.40. The number of nitrogens with zero attached hydrogens (tertiary/aromatic N) is 3. The Morgan fingerprint density at radius 1 is 0.444 bits per heavy atom. The first kappa shape index (κ1) is 14.1. The molecular formula is C41H25N3O. The fraction of sp³-hybridized carbons (Fsp3) is 0. The van der Waals surface area contributed by atoms with E-state index in [2.05, 4.69) is 15.0 Å². The third-order valence-electron chi connectivity index (χ3n) is 7.40. The quantitative estimate of drug-likeness (QED) is 0.204. The molecule has 7 aromatic carbocycles. The second-order valence-corrected chi connectivity index (χ2v) is 9.97. The van der Waals surface area contributed by atoms with Crippen LogP contribution in [0, 0.1) is 0 Å². The van der Waals surface area contributed by atoms with Crippen LogP contribution in [0.1, 0.15) is 21.9 Å². The normalized spacial score (nSPS) is 16.5. The Morgan fingerprint density at radius 3 is 2.02 bits per heavy atom. The van der Waals surface area contributed by atoms with E-state index in [-0.39, 0.29) is 57.5 Å². The fourth-order valence-corrected chi connectivity index (χ4v) is 5.42. The van der Waals surface area contributed by atoms with Gasteiger partial charge in [-0.15, -0.1) is 0 Å². The molecule has 0 amide bonds. The van der Waals surface area contributed by atoms with Gasteiger partial charge >= 0.3 is 0 Å². The number of para-hydroxylation sites is 1. The van der Waals surface area contributed by atoms with Crippen LogP contribution in [0.3, 0.4) is 0 Å². The molecule has 2 aromatic heterocycles. The van der Waals surface area contributed by atoms with Crippen molar-refractivity contribution in [3.8, 4) is 45.3 Å². The number of benzene rings is 7. The van der Waals surface area contributed by atoms with E-state index in [0.29, 0.717) is 32.7 Å². The monoisotopic (exact) mass is 591 g/mol. The lowest BCUT2D eigenvalue weighted by molar-refractivity contribution is 0.669. The van der Waals surface area contributed by atoms with Gasteiger partial charge in [0, 0.05) is 27.5 Å². The summed E-state index contributed by atoms with van der Waals surface area (Å²) in [6.07, 6.45) is 0. The molecular weight excluding hydrogens is 550 g/mol. The van der Waals surface area contributed by atoms with Crippen LogP contribution < -0.4 is 0 Å². The number of aromatic nitrogens is 3. The highest BCUT2D eigenvalue weighted by Gasteiger charge is 2.18. The summed E-state index contributed by atoms with van der Waals surface area (Å²) in [4.78, 5) is 13.7. The Morgan fingerprint density at radius 2 is 1.16 bits per heavy atom. The lowest BCUT2D eigenvalue weighted by Gasteiger charge is -2.14. The highest BCUT2D eigenvalue weighted by molar-refractivity contribution is 6.16. The van der Waals surface area contributed by atoms with Crippen LogP contribution in [0.2, 0.25) is 0 Å². The van der Waals surface area contributed by atoms with Crippen molar-refractivity contribution in [1.29, 1.82) is 0 Å². The predicted molar refractivity (Wildman–Crippen MR) is 184 cm³/mol. The van der Waals surface area contributed by atoms with E-state index in [1.807, 2.05) is 0 Å². The van der Waals surface area contributed by atoms with Crippen molar-refractivity contribution in [1.82, 2.24) is 15.0 Å². The second kappa shape index (κ2) is 10.2. The largest absolute Gasteiger partial charge is 0.456 e. The molecule has 9 aromatic rings. The van der Waals surface area contributed by atoms with Crippen molar-refractivity contribution >= 4 is 43.5 Å². The molecule has 0 fully saturated rings. The maximum absolute atomic E-state index is 9.20. The predicted octanol–water partition coefficient (Wildman–Crippen LogP) is 10.7. The van der Waals surface area contributed by atoms with Crippen LogP contribution in [0.15, 0.2) is 156 Å². The van der Waals surface area contributed by atoms with Crippen molar-refractivity contribution in [3.63, 3.8) is 0 Å². The Balaban J connectivity index is 1.38. The Kier molecular flexibility index (Phi) is 3.21. The molecule has 210 valence electrons. The Labute approximate surface area is 281 Å². The maximum atomic E-state index is 9.20. The average molecular weight is 592 g/mol. The molecule has 0 bridgehead atoms. The molecule has 0 aliphatic rings. The van der Waals surface area contributed by atoms with Crippen molar-refractivity contribution in [2.75, 3.05) is 0 Å². The van der Waals surface area contributed by atoms with Gasteiger partial charge in [0.25, 0.3) is 0 Å². The van der Waals surface area contributed by atoms with E-state index in [1.165, 1.54) is 18.2 Å². The number of fused-ring (bicyclic) bond motifs is 5. The van der Waals surface area contributed by atoms with Gasteiger partial charge in [-0.1, -0.05) is 127 Å². The second-order valence-electron chi connectivity index (χ2n) is 9.97. The van der Waals surface area contributed by atoms with E-state index >= 15 is 0 Å². The third kappa shape index (κ3) is 4.27. The molecule has 9 rings (SSSR count). The summed E-state index contributed by atoms with van der Waals surface area (Å²) in [6, 6.07) is 6.28. The van der Waals surface area contributed by atoms with Gasteiger partial charge in [-0.25, -0.2) is 15.0 Å². The molecule has 0 atom stereocenters. The number of furan rings is 1. The topological polar surface area (TPSA) is 51.8 Å². The van der Waals surface area contributed by atoms with Gasteiger partial charge in [0.1, 0.15) is 11.2 Å². The minimum Gasteiger partial charge on any atom is -0.456 e. The molecule has 0 N–H and O–H groups in total. The van der Waals surface area contributed by atoms with Crippen LogP contribution in [0.4, 0.5) is 0 Å². The summed E-state index contributed by atoms with van der Waals surface area (Å²) in [5, 5.41) is 0.976. The van der Waals surface area contributed by atoms with Crippen LogP contribution >= 0.6 is 0 Å². The Hall–Kier alpha value is -6.13. The molecule has 0 aliphatic heterocycles. The molecule has 0 radical (unpaired) electrons. The number of hydrogen-bond acceptors (Lipinski definition) is 4. The van der Waals surface area contributed by atoms with Crippen LogP contribution in [0.5, 0.6) is 0 Å². The first-order valence-corrected chi connectivity index (χ1v) is 13.7. The fourth-order valence-electron chi connectivity index (χ4n) is 5.42. The van der Waals surface area contributed by atoms with Gasteiger partial charge in [-0.2, -0.15) is 0 Å². The lowest BCUT2D eigenvalue weighted by atomic mass is 9.92. The van der Waals surface area contributed by atoms with Gasteiger partial charge < -0.3 is 4.42 Å². The summed E-state index contributed by atoms with van der Waals surface area (Å²) in [5.41, 5.74) is 0.500. The van der Waals surface area contributed by atoms with Gasteiger partial charge in [0.05, 0.1) is 21.9 Å². The van der Waals surface area contributed by atoms with E-state index in [4.69, 9.17) is 25.0 Å². The summed E-state index contributed by atoms with van der Waals surface area (Å²) < 4.78 is 143. The van der Waals surface area contributed by atoms with Crippen molar-refractivity contribution < 1.29 is 26.3 Å². The highest BCUT2D eigenvalue weighted by atomic mass is 16.3. The van der Waals surface area contributed by atoms with Crippen molar-refractivity contribution in [2.24, 2.45) is 0 Å². The Bertz CT molecular complexity index is 3430. The van der Waals surface area contributed by atoms with E-state index in [9.17, 15) is 1.37 Å². The van der Waals surface area contributed by atoms with Gasteiger partial charge in [-0.3, -0.25) is 0 Å². The molecule has 4 nitrogen and oxygen atoms in total. The minimum atomic E-state index is -0.690. The first-order chi connectivity index (χ1) is 28.9. The maximum Gasteiger partial charge on any atom is 0.164 e. The van der Waals surface area contributed by atoms with E-state index in [0.717, 1.165) is 0 Å². The summed E-state index contributed by atoms with van der Waals surface area (Å²) in [6.45, 7) is 0. The lowest BCUT2D eigenvalue weighted by Crippen LogP contribution is -2.00. The van der Waals surface area contributed by atoms with Gasteiger partial charge in [-0.05, 0) is 56.9 Å². The highest BCUT2D eigenvalue weighted by Crippen LogP contribution is 2.41. The molecule has 0 spiro atoms. The zero-order valence-corrected chi connectivity index (χ0v) is 22.9.